The molecule has 5 heteroatoms. The van der Waals surface area contributed by atoms with Crippen LogP contribution in [0.2, 0.25) is 0 Å². The van der Waals surface area contributed by atoms with Crippen LogP contribution in [0.4, 0.5) is 0 Å². The third-order valence-corrected chi connectivity index (χ3v) is 4.07. The Morgan fingerprint density at radius 3 is 2.36 bits per heavy atom. The van der Waals surface area contributed by atoms with Crippen molar-refractivity contribution < 1.29 is 13.2 Å². The zero-order valence-corrected chi connectivity index (χ0v) is 7.15. The predicted molar refractivity (Wildman–Crippen MR) is 40.6 cm³/mol. The summed E-state index contributed by atoms with van der Waals surface area (Å²) in [7, 11) is -3.37. The van der Waals surface area contributed by atoms with Crippen LogP contribution in [0.25, 0.3) is 0 Å². The van der Waals surface area contributed by atoms with E-state index in [0.29, 0.717) is 25.7 Å². The first-order chi connectivity index (χ1) is 5.08. The highest BCUT2D eigenvalue weighted by molar-refractivity contribution is 7.91. The van der Waals surface area contributed by atoms with Crippen LogP contribution in [0, 0.1) is 0 Å². The molecule has 0 radical (unpaired) electrons. The topological polar surface area (TPSA) is 63.2 Å². The van der Waals surface area contributed by atoms with Crippen molar-refractivity contribution >= 4 is 16.3 Å². The molecule has 0 aromatic heterocycles. The van der Waals surface area contributed by atoms with Crippen LogP contribution < -0.4 is 4.72 Å². The first-order valence-electron chi connectivity index (χ1n) is 3.53. The lowest BCUT2D eigenvalue weighted by Gasteiger charge is -2.08. The molecular weight excluding hydrogens is 166 g/mol. The first-order valence-corrected chi connectivity index (χ1v) is 5.02. The number of hydrogen-bond acceptors (Lipinski definition) is 3. The molecule has 64 valence electrons. The van der Waals surface area contributed by atoms with Crippen molar-refractivity contribution in [1.29, 1.82) is 0 Å². The third-order valence-electron chi connectivity index (χ3n) is 1.83. The second-order valence-corrected chi connectivity index (χ2v) is 4.79. The largest absolute Gasteiger partial charge is 0.302 e. The molecule has 0 bridgehead atoms. The number of sulfonamides is 1. The summed E-state index contributed by atoms with van der Waals surface area (Å²) in [6, 6.07) is 0. The molecule has 1 rings (SSSR count). The predicted octanol–water partition coefficient (Wildman–Crippen LogP) is -0.343. The molecule has 1 N–H and O–H groups in total. The Morgan fingerprint density at radius 1 is 1.55 bits per heavy atom. The molecule has 4 nitrogen and oxygen atoms in total. The van der Waals surface area contributed by atoms with Crippen molar-refractivity contribution in [3.63, 3.8) is 0 Å². The van der Waals surface area contributed by atoms with Gasteiger partial charge in [-0.05, 0) is 12.8 Å². The molecule has 0 saturated heterocycles. The Labute approximate surface area is 66.0 Å². The molecule has 0 unspecified atom stereocenters. The van der Waals surface area contributed by atoms with Gasteiger partial charge in [-0.1, -0.05) is 6.92 Å². The van der Waals surface area contributed by atoms with Gasteiger partial charge in [-0.2, -0.15) is 0 Å². The van der Waals surface area contributed by atoms with Gasteiger partial charge in [0.05, 0.1) is 0 Å². The van der Waals surface area contributed by atoms with Crippen molar-refractivity contribution in [3.05, 3.63) is 0 Å². The van der Waals surface area contributed by atoms with Crippen molar-refractivity contribution in [2.75, 3.05) is 6.54 Å². The van der Waals surface area contributed by atoms with Crippen molar-refractivity contribution in [2.24, 2.45) is 0 Å². The summed E-state index contributed by atoms with van der Waals surface area (Å²) >= 11 is 0. The SMILES string of the molecule is CCNS(=O)(=O)C1(C=O)CC1. The maximum Gasteiger partial charge on any atom is 0.224 e. The number of nitrogens with one attached hydrogen (secondary N) is 1. The van der Waals surface area contributed by atoms with E-state index in [1.807, 2.05) is 0 Å². The van der Waals surface area contributed by atoms with Gasteiger partial charge < -0.3 is 4.79 Å². The van der Waals surface area contributed by atoms with Gasteiger partial charge in [0, 0.05) is 6.54 Å². The minimum absolute atomic E-state index is 0.345. The fraction of sp³-hybridized carbons (Fsp3) is 0.833. The van der Waals surface area contributed by atoms with Gasteiger partial charge in [0.15, 0.2) is 0 Å². The highest BCUT2D eigenvalue weighted by atomic mass is 32.2. The molecule has 1 aliphatic carbocycles. The highest BCUT2D eigenvalue weighted by Crippen LogP contribution is 2.40. The maximum atomic E-state index is 11.2. The highest BCUT2D eigenvalue weighted by Gasteiger charge is 2.54. The molecule has 1 saturated carbocycles. The Balaban J connectivity index is 2.81. The zero-order valence-electron chi connectivity index (χ0n) is 6.33. The van der Waals surface area contributed by atoms with Gasteiger partial charge in [-0.15, -0.1) is 0 Å². The summed E-state index contributed by atoms with van der Waals surface area (Å²) < 4.78 is 23.6. The number of hydrogen-bond donors (Lipinski definition) is 1. The van der Waals surface area contributed by atoms with Crippen molar-refractivity contribution in [3.8, 4) is 0 Å². The minimum atomic E-state index is -3.37. The van der Waals surface area contributed by atoms with Crippen molar-refractivity contribution in [1.82, 2.24) is 4.72 Å². The Hall–Kier alpha value is -0.420. The van der Waals surface area contributed by atoms with E-state index in [4.69, 9.17) is 0 Å². The zero-order chi connectivity index (χ0) is 8.54. The number of aldehydes is 1. The molecule has 0 aromatic carbocycles. The lowest BCUT2D eigenvalue weighted by Crippen LogP contribution is -2.36. The van der Waals surface area contributed by atoms with Crippen LogP contribution in [-0.4, -0.2) is 26.0 Å². The van der Waals surface area contributed by atoms with E-state index in [0.717, 1.165) is 0 Å². The second-order valence-electron chi connectivity index (χ2n) is 2.68. The molecule has 0 spiro atoms. The third kappa shape index (κ3) is 1.30. The van der Waals surface area contributed by atoms with E-state index in [1.54, 1.807) is 6.92 Å². The average Bonchev–Trinajstić information content (AvgIpc) is 2.66. The van der Waals surface area contributed by atoms with Gasteiger partial charge in [-0.25, -0.2) is 13.1 Å². The summed E-state index contributed by atoms with van der Waals surface area (Å²) in [5, 5.41) is 0. The molecule has 0 atom stereocenters. The van der Waals surface area contributed by atoms with Gasteiger partial charge in [0.25, 0.3) is 0 Å². The molecule has 1 fully saturated rings. The molecule has 0 aromatic rings. The lowest BCUT2D eigenvalue weighted by molar-refractivity contribution is -0.108. The monoisotopic (exact) mass is 177 g/mol. The van der Waals surface area contributed by atoms with E-state index >= 15 is 0 Å². The smallest absolute Gasteiger partial charge is 0.224 e. The molecule has 0 heterocycles. The van der Waals surface area contributed by atoms with E-state index in [-0.39, 0.29) is 0 Å². The van der Waals surface area contributed by atoms with Gasteiger partial charge in [-0.3, -0.25) is 0 Å². The quantitative estimate of drug-likeness (QED) is 0.597. The maximum absolute atomic E-state index is 11.2. The molecule has 0 amide bonds. The number of carbonyl (C=O) groups excluding carboxylic acids is 1. The average molecular weight is 177 g/mol. The van der Waals surface area contributed by atoms with Crippen LogP contribution in [0.15, 0.2) is 0 Å². The van der Waals surface area contributed by atoms with E-state index in [2.05, 4.69) is 4.72 Å². The molecule has 11 heavy (non-hydrogen) atoms. The Bertz CT molecular complexity index is 253. The van der Waals surface area contributed by atoms with Crippen LogP contribution >= 0.6 is 0 Å². The Kier molecular flexibility index (Phi) is 2.02. The van der Waals surface area contributed by atoms with Gasteiger partial charge in [0.1, 0.15) is 11.0 Å². The van der Waals surface area contributed by atoms with E-state index < -0.39 is 14.8 Å². The standard InChI is InChI=1S/C6H11NO3S/c1-2-7-11(9,10)6(5-8)3-4-6/h5,7H,2-4H2,1H3. The fourth-order valence-corrected chi connectivity index (χ4v) is 2.34. The van der Waals surface area contributed by atoms with Crippen LogP contribution in [0.5, 0.6) is 0 Å². The van der Waals surface area contributed by atoms with E-state index in [9.17, 15) is 13.2 Å². The lowest BCUT2D eigenvalue weighted by atomic mass is 10.5. The van der Waals surface area contributed by atoms with E-state index in [1.165, 1.54) is 0 Å². The Morgan fingerprint density at radius 2 is 2.09 bits per heavy atom. The summed E-state index contributed by atoms with van der Waals surface area (Å²) in [4.78, 5) is 10.4. The second kappa shape index (κ2) is 2.57. The molecular formula is C6H11NO3S. The van der Waals surface area contributed by atoms with Crippen molar-refractivity contribution in [2.45, 2.75) is 24.5 Å². The van der Waals surface area contributed by atoms with Crippen LogP contribution in [0.1, 0.15) is 19.8 Å². The van der Waals surface area contributed by atoms with Gasteiger partial charge >= 0.3 is 0 Å². The summed E-state index contributed by atoms with van der Waals surface area (Å²) in [5.41, 5.74) is 0. The van der Waals surface area contributed by atoms with Crippen LogP contribution in [0.3, 0.4) is 0 Å². The first kappa shape index (κ1) is 8.67. The van der Waals surface area contributed by atoms with Gasteiger partial charge in [0.2, 0.25) is 10.0 Å². The molecule has 1 aliphatic rings. The summed E-state index contributed by atoms with van der Waals surface area (Å²) in [6.07, 6.45) is 1.46. The van der Waals surface area contributed by atoms with Crippen LogP contribution in [-0.2, 0) is 14.8 Å². The summed E-state index contributed by atoms with van der Waals surface area (Å²) in [5.74, 6) is 0. The minimum Gasteiger partial charge on any atom is -0.302 e. The number of carbonyl (C=O) groups is 1. The molecule has 0 aliphatic heterocycles. The normalized spacial score (nSPS) is 21.2. The fourth-order valence-electron chi connectivity index (χ4n) is 0.907. The number of rotatable bonds is 4. The summed E-state index contributed by atoms with van der Waals surface area (Å²) in [6.45, 7) is 2.04.